The van der Waals surface area contributed by atoms with Gasteiger partial charge in [-0.1, -0.05) is 65.5 Å². The van der Waals surface area contributed by atoms with Gasteiger partial charge < -0.3 is 0 Å². The molecule has 1 atom stereocenters. The van der Waals surface area contributed by atoms with Gasteiger partial charge in [-0.3, -0.25) is 5.01 Å². The Kier molecular flexibility index (Phi) is 5.41. The predicted molar refractivity (Wildman–Crippen MR) is 66.4 cm³/mol. The summed E-state index contributed by atoms with van der Waals surface area (Å²) in [6.07, 6.45) is 4.35. The van der Waals surface area contributed by atoms with Crippen LogP contribution in [0.3, 0.4) is 0 Å². The summed E-state index contributed by atoms with van der Waals surface area (Å²) in [6.45, 7) is 2.72. The number of hydrogen-bond acceptors (Lipinski definition) is 3. The minimum Gasteiger partial charge on any atom is -0.266 e. The van der Waals surface area contributed by atoms with Gasteiger partial charge in [0.2, 0.25) is 3.79 Å². The molecule has 0 amide bonds. The van der Waals surface area contributed by atoms with Crippen LogP contribution in [-0.2, 0) is 0 Å². The van der Waals surface area contributed by atoms with E-state index in [1.54, 1.807) is 0 Å². The number of nitrogens with zero attached hydrogens (tertiary/aromatic N) is 3. The van der Waals surface area contributed by atoms with E-state index in [0.717, 1.165) is 32.0 Å². The Hall–Kier alpha value is 0.0700. The predicted octanol–water partition coefficient (Wildman–Crippen LogP) is 3.71. The number of alkyl halides is 3. The molecule has 0 aromatic heterocycles. The number of hydrogen-bond donors (Lipinski definition) is 0. The van der Waals surface area contributed by atoms with E-state index in [2.05, 4.69) is 12.0 Å². The fourth-order valence-corrected chi connectivity index (χ4v) is 2.18. The minimum atomic E-state index is -1.71. The molecule has 0 N–H and O–H groups in total. The van der Waals surface area contributed by atoms with Crippen LogP contribution in [0.2, 0.25) is 0 Å². The van der Waals surface area contributed by atoms with Crippen molar-refractivity contribution < 1.29 is 4.48 Å². The van der Waals surface area contributed by atoms with E-state index in [1.807, 2.05) is 0 Å². The van der Waals surface area contributed by atoms with E-state index in [1.165, 1.54) is 5.01 Å². The molecule has 0 bridgehead atoms. The standard InChI is InChI=1S/C9H15Cl3FN3/c1-2-3-4-5-6-16-8(9(10,11)12)15(13)7-14-16/h7-8H,2-6H2,1H3. The average molecular weight is 291 g/mol. The molecular weight excluding hydrogens is 275 g/mol. The smallest absolute Gasteiger partial charge is 0.232 e. The lowest BCUT2D eigenvalue weighted by atomic mass is 10.2. The monoisotopic (exact) mass is 289 g/mol. The lowest BCUT2D eigenvalue weighted by molar-refractivity contribution is 0.00672. The third-order valence-electron chi connectivity index (χ3n) is 2.36. The van der Waals surface area contributed by atoms with E-state index >= 15 is 0 Å². The first-order chi connectivity index (χ1) is 7.46. The Bertz CT molecular complexity index is 245. The topological polar surface area (TPSA) is 18.8 Å². The Morgan fingerprint density at radius 1 is 1.31 bits per heavy atom. The molecular formula is C9H15Cl3FN3. The molecule has 0 aliphatic carbocycles. The van der Waals surface area contributed by atoms with Gasteiger partial charge in [0, 0.05) is 6.54 Å². The molecule has 0 aromatic rings. The Labute approximate surface area is 110 Å². The number of unbranched alkanes of at least 4 members (excludes halogenated alkanes) is 3. The zero-order valence-corrected chi connectivity index (χ0v) is 11.3. The van der Waals surface area contributed by atoms with E-state index in [-0.39, 0.29) is 0 Å². The highest BCUT2D eigenvalue weighted by molar-refractivity contribution is 6.68. The molecule has 1 rings (SSSR count). The molecule has 0 saturated heterocycles. The summed E-state index contributed by atoms with van der Waals surface area (Å²) < 4.78 is 11.6. The van der Waals surface area contributed by atoms with E-state index in [0.29, 0.717) is 11.7 Å². The molecule has 7 heteroatoms. The van der Waals surface area contributed by atoms with Gasteiger partial charge in [-0.25, -0.2) is 0 Å². The van der Waals surface area contributed by atoms with Crippen molar-refractivity contribution in [2.75, 3.05) is 6.54 Å². The van der Waals surface area contributed by atoms with Crippen LogP contribution in [0, 0.1) is 0 Å². The van der Waals surface area contributed by atoms with Crippen molar-refractivity contribution in [2.24, 2.45) is 5.10 Å². The molecule has 1 aliphatic heterocycles. The lowest BCUT2D eigenvalue weighted by Crippen LogP contribution is -2.45. The lowest BCUT2D eigenvalue weighted by Gasteiger charge is -2.30. The largest absolute Gasteiger partial charge is 0.266 e. The van der Waals surface area contributed by atoms with Crippen LogP contribution < -0.4 is 0 Å². The van der Waals surface area contributed by atoms with Gasteiger partial charge in [0.1, 0.15) is 6.34 Å². The Morgan fingerprint density at radius 3 is 2.56 bits per heavy atom. The summed E-state index contributed by atoms with van der Waals surface area (Å²) in [6, 6.07) is 0. The van der Waals surface area contributed by atoms with E-state index < -0.39 is 9.96 Å². The van der Waals surface area contributed by atoms with E-state index in [9.17, 15) is 4.48 Å². The van der Waals surface area contributed by atoms with Crippen LogP contribution in [0.25, 0.3) is 0 Å². The SMILES string of the molecule is CCCCCCN1N=CN(F)C1C(Cl)(Cl)Cl. The second-order valence-electron chi connectivity index (χ2n) is 3.71. The first-order valence-electron chi connectivity index (χ1n) is 5.28. The molecule has 0 radical (unpaired) electrons. The van der Waals surface area contributed by atoms with Crippen molar-refractivity contribution in [3.63, 3.8) is 0 Å². The highest BCUT2D eigenvalue weighted by Crippen LogP contribution is 2.37. The highest BCUT2D eigenvalue weighted by atomic mass is 35.6. The summed E-state index contributed by atoms with van der Waals surface area (Å²) in [5.74, 6) is 0. The van der Waals surface area contributed by atoms with Gasteiger partial charge in [-0.2, -0.15) is 10.2 Å². The third-order valence-corrected chi connectivity index (χ3v) is 2.95. The molecule has 3 nitrogen and oxygen atoms in total. The average Bonchev–Trinajstić information content (AvgIpc) is 2.54. The van der Waals surface area contributed by atoms with Gasteiger partial charge in [0.15, 0.2) is 6.17 Å². The van der Waals surface area contributed by atoms with Crippen molar-refractivity contribution in [2.45, 2.75) is 42.6 Å². The second-order valence-corrected chi connectivity index (χ2v) is 6.08. The van der Waals surface area contributed by atoms with Crippen LogP contribution in [0.15, 0.2) is 5.10 Å². The summed E-state index contributed by atoms with van der Waals surface area (Å²) >= 11 is 17.1. The van der Waals surface area contributed by atoms with Crippen molar-refractivity contribution in [3.05, 3.63) is 0 Å². The fraction of sp³-hybridized carbons (Fsp3) is 0.889. The maximum atomic E-state index is 13.3. The normalized spacial score (nSPS) is 20.9. The van der Waals surface area contributed by atoms with Gasteiger partial charge in [-0.15, -0.1) is 0 Å². The molecule has 0 saturated carbocycles. The summed E-state index contributed by atoms with van der Waals surface area (Å²) in [4.78, 5) is 0. The zero-order chi connectivity index (χ0) is 12.2. The van der Waals surface area contributed by atoms with Gasteiger partial charge in [0.25, 0.3) is 0 Å². The first kappa shape index (κ1) is 14.1. The van der Waals surface area contributed by atoms with Crippen LogP contribution in [0.1, 0.15) is 32.6 Å². The second kappa shape index (κ2) is 6.12. The van der Waals surface area contributed by atoms with E-state index in [4.69, 9.17) is 34.8 Å². The Morgan fingerprint density at radius 2 is 2.00 bits per heavy atom. The number of halogens is 4. The maximum absolute atomic E-state index is 13.3. The minimum absolute atomic E-state index is 0.326. The first-order valence-corrected chi connectivity index (χ1v) is 6.41. The third kappa shape index (κ3) is 3.82. The molecule has 0 spiro atoms. The Balaban J connectivity index is 2.43. The van der Waals surface area contributed by atoms with Gasteiger partial charge >= 0.3 is 0 Å². The van der Waals surface area contributed by atoms with Crippen molar-refractivity contribution in [1.29, 1.82) is 0 Å². The highest BCUT2D eigenvalue weighted by Gasteiger charge is 2.44. The molecule has 0 aromatic carbocycles. The summed E-state index contributed by atoms with van der Waals surface area (Å²) in [7, 11) is 0. The quantitative estimate of drug-likeness (QED) is 0.437. The van der Waals surface area contributed by atoms with Crippen LogP contribution in [0.5, 0.6) is 0 Å². The van der Waals surface area contributed by atoms with Crippen LogP contribution in [0.4, 0.5) is 4.48 Å². The number of hydrazone groups is 1. The molecule has 0 fully saturated rings. The maximum Gasteiger partial charge on any atom is 0.232 e. The van der Waals surface area contributed by atoms with Crippen molar-refractivity contribution in [3.8, 4) is 0 Å². The summed E-state index contributed by atoms with van der Waals surface area (Å²) in [5, 5.41) is 5.67. The summed E-state index contributed by atoms with van der Waals surface area (Å²) in [5.41, 5.74) is 0. The molecule has 1 aliphatic rings. The zero-order valence-electron chi connectivity index (χ0n) is 9.04. The molecule has 1 heterocycles. The van der Waals surface area contributed by atoms with Crippen molar-refractivity contribution in [1.82, 2.24) is 10.1 Å². The molecule has 94 valence electrons. The molecule has 16 heavy (non-hydrogen) atoms. The van der Waals surface area contributed by atoms with Crippen LogP contribution in [-0.4, -0.2) is 33.0 Å². The van der Waals surface area contributed by atoms with Crippen LogP contribution >= 0.6 is 34.8 Å². The molecule has 1 unspecified atom stereocenters. The van der Waals surface area contributed by atoms with Crippen molar-refractivity contribution >= 4 is 41.1 Å². The number of rotatable bonds is 5. The van der Waals surface area contributed by atoms with Gasteiger partial charge in [-0.05, 0) is 6.42 Å². The fourth-order valence-electron chi connectivity index (χ4n) is 1.56. The van der Waals surface area contributed by atoms with Gasteiger partial charge in [0.05, 0.1) is 0 Å².